The molecule has 28 heavy (non-hydrogen) atoms. The van der Waals surface area contributed by atoms with Crippen LogP contribution in [0, 0.1) is 5.92 Å². The molecule has 0 aliphatic carbocycles. The van der Waals surface area contributed by atoms with Crippen molar-refractivity contribution < 1.29 is 9.53 Å². The summed E-state index contributed by atoms with van der Waals surface area (Å²) in [6.45, 7) is 7.35. The minimum Gasteiger partial charge on any atom is -0.465 e. The van der Waals surface area contributed by atoms with Gasteiger partial charge in [-0.25, -0.2) is 0 Å². The summed E-state index contributed by atoms with van der Waals surface area (Å²) in [4.78, 5) is 13.2. The topological polar surface area (TPSA) is 26.3 Å². The third-order valence-electron chi connectivity index (χ3n) is 5.65. The van der Waals surface area contributed by atoms with E-state index in [0.717, 1.165) is 25.7 Å². The maximum atomic E-state index is 12.6. The Morgan fingerprint density at radius 2 is 1.14 bits per heavy atom. The molecule has 0 radical (unpaired) electrons. The highest BCUT2D eigenvalue weighted by molar-refractivity contribution is 9.09. The van der Waals surface area contributed by atoms with E-state index in [1.165, 1.54) is 89.9 Å². The molecule has 2 unspecified atom stereocenters. The molecule has 0 aromatic heterocycles. The van der Waals surface area contributed by atoms with Crippen LogP contribution in [-0.2, 0) is 9.53 Å². The first-order valence-electron chi connectivity index (χ1n) is 12.5. The van der Waals surface area contributed by atoms with Gasteiger partial charge in [-0.15, -0.1) is 0 Å². The first-order chi connectivity index (χ1) is 13.7. The van der Waals surface area contributed by atoms with Crippen LogP contribution in [0.1, 0.15) is 136 Å². The minimum atomic E-state index is 0.0769. The normalized spacial score (nSPS) is 13.4. The first-order valence-corrected chi connectivity index (χ1v) is 13.4. The van der Waals surface area contributed by atoms with Gasteiger partial charge in [-0.1, -0.05) is 120 Å². The van der Waals surface area contributed by atoms with Crippen LogP contribution in [0.2, 0.25) is 0 Å². The molecule has 168 valence electrons. The molecule has 0 N–H and O–H groups in total. The van der Waals surface area contributed by atoms with Gasteiger partial charge < -0.3 is 4.74 Å². The molecule has 0 bridgehead atoms. The van der Waals surface area contributed by atoms with Crippen LogP contribution in [0.25, 0.3) is 0 Å². The average molecular weight is 462 g/mol. The molecule has 0 heterocycles. The summed E-state index contributed by atoms with van der Waals surface area (Å²) in [6, 6.07) is 0. The lowest BCUT2D eigenvalue weighted by Gasteiger charge is -2.17. The number of ether oxygens (including phenoxy) is 1. The van der Waals surface area contributed by atoms with Crippen LogP contribution >= 0.6 is 15.9 Å². The Balaban J connectivity index is 4.12. The summed E-state index contributed by atoms with van der Waals surface area (Å²) in [7, 11) is 0. The third kappa shape index (κ3) is 18.0. The van der Waals surface area contributed by atoms with Crippen LogP contribution < -0.4 is 0 Å². The van der Waals surface area contributed by atoms with Crippen molar-refractivity contribution in [2.24, 2.45) is 5.92 Å². The van der Waals surface area contributed by atoms with Gasteiger partial charge in [0.2, 0.25) is 0 Å². The van der Waals surface area contributed by atoms with Crippen LogP contribution in [0.3, 0.4) is 0 Å². The van der Waals surface area contributed by atoms with Gasteiger partial charge in [0.15, 0.2) is 0 Å². The predicted octanol–water partition coefficient (Wildman–Crippen LogP) is 8.99. The van der Waals surface area contributed by atoms with Gasteiger partial charge in [-0.3, -0.25) is 4.79 Å². The van der Waals surface area contributed by atoms with E-state index in [-0.39, 0.29) is 11.9 Å². The van der Waals surface area contributed by atoms with Gasteiger partial charge in [-0.05, 0) is 32.1 Å². The molecular formula is C25H49BrO2. The molecule has 2 atom stereocenters. The Kier molecular flexibility index (Phi) is 21.6. The number of esters is 1. The van der Waals surface area contributed by atoms with Crippen molar-refractivity contribution in [1.82, 2.24) is 0 Å². The molecule has 0 aliphatic rings. The Morgan fingerprint density at radius 3 is 1.75 bits per heavy atom. The maximum Gasteiger partial charge on any atom is 0.308 e. The van der Waals surface area contributed by atoms with Gasteiger partial charge in [0.1, 0.15) is 0 Å². The first kappa shape index (κ1) is 27.9. The molecule has 0 spiro atoms. The molecule has 2 nitrogen and oxygen atoms in total. The molecule has 0 saturated carbocycles. The van der Waals surface area contributed by atoms with Crippen molar-refractivity contribution in [1.29, 1.82) is 0 Å². The van der Waals surface area contributed by atoms with Crippen LogP contribution in [0.4, 0.5) is 0 Å². The molecule has 0 fully saturated rings. The fraction of sp³-hybridized carbons (Fsp3) is 0.960. The SMILES string of the molecule is CCCCCCCCC(CCCCC(Br)CCC)C(=O)OCCCCCCC. The van der Waals surface area contributed by atoms with Crippen molar-refractivity contribution >= 4 is 21.9 Å². The molecule has 0 aromatic rings. The zero-order valence-electron chi connectivity index (χ0n) is 19.3. The van der Waals surface area contributed by atoms with Crippen LogP contribution in [0.5, 0.6) is 0 Å². The van der Waals surface area contributed by atoms with E-state index in [2.05, 4.69) is 36.7 Å². The van der Waals surface area contributed by atoms with Crippen molar-refractivity contribution in [3.05, 3.63) is 0 Å². The predicted molar refractivity (Wildman–Crippen MR) is 127 cm³/mol. The smallest absolute Gasteiger partial charge is 0.308 e. The molecule has 0 rings (SSSR count). The van der Waals surface area contributed by atoms with E-state index in [1.807, 2.05) is 0 Å². The van der Waals surface area contributed by atoms with E-state index in [1.54, 1.807) is 0 Å². The number of hydrogen-bond donors (Lipinski definition) is 0. The number of carbonyl (C=O) groups excluding carboxylic acids is 1. The second-order valence-electron chi connectivity index (χ2n) is 8.51. The lowest BCUT2D eigenvalue weighted by Crippen LogP contribution is -2.19. The zero-order valence-corrected chi connectivity index (χ0v) is 20.9. The van der Waals surface area contributed by atoms with E-state index in [4.69, 9.17) is 4.74 Å². The monoisotopic (exact) mass is 460 g/mol. The Labute approximate surface area is 185 Å². The second-order valence-corrected chi connectivity index (χ2v) is 9.80. The molecule has 0 aliphatic heterocycles. The zero-order chi connectivity index (χ0) is 20.9. The number of unbranched alkanes of at least 4 members (excludes halogenated alkanes) is 10. The molecule has 0 saturated heterocycles. The molecular weight excluding hydrogens is 412 g/mol. The van der Waals surface area contributed by atoms with Crippen molar-refractivity contribution in [3.63, 3.8) is 0 Å². The van der Waals surface area contributed by atoms with Gasteiger partial charge >= 0.3 is 5.97 Å². The number of rotatable bonds is 21. The Hall–Kier alpha value is -0.0500. The summed E-state index contributed by atoms with van der Waals surface area (Å²) >= 11 is 3.77. The number of alkyl halides is 1. The highest BCUT2D eigenvalue weighted by Crippen LogP contribution is 2.22. The van der Waals surface area contributed by atoms with Crippen LogP contribution in [-0.4, -0.2) is 17.4 Å². The number of halogens is 1. The Bertz CT molecular complexity index is 333. The van der Waals surface area contributed by atoms with Gasteiger partial charge in [0.05, 0.1) is 12.5 Å². The summed E-state index contributed by atoms with van der Waals surface area (Å²) in [5.74, 6) is 0.203. The maximum absolute atomic E-state index is 12.6. The fourth-order valence-electron chi connectivity index (χ4n) is 3.76. The summed E-state index contributed by atoms with van der Waals surface area (Å²) in [5.41, 5.74) is 0. The van der Waals surface area contributed by atoms with Gasteiger partial charge in [-0.2, -0.15) is 0 Å². The van der Waals surface area contributed by atoms with Crippen LogP contribution in [0.15, 0.2) is 0 Å². The van der Waals surface area contributed by atoms with E-state index < -0.39 is 0 Å². The van der Waals surface area contributed by atoms with Gasteiger partial charge in [0, 0.05) is 4.83 Å². The highest BCUT2D eigenvalue weighted by atomic mass is 79.9. The highest BCUT2D eigenvalue weighted by Gasteiger charge is 2.19. The van der Waals surface area contributed by atoms with E-state index in [0.29, 0.717) is 11.4 Å². The summed E-state index contributed by atoms with van der Waals surface area (Å²) < 4.78 is 5.65. The molecule has 0 amide bonds. The third-order valence-corrected chi connectivity index (χ3v) is 6.57. The van der Waals surface area contributed by atoms with Crippen molar-refractivity contribution in [2.75, 3.05) is 6.61 Å². The lowest BCUT2D eigenvalue weighted by atomic mass is 9.94. The number of carbonyl (C=O) groups is 1. The Morgan fingerprint density at radius 1 is 0.643 bits per heavy atom. The summed E-state index contributed by atoms with van der Waals surface area (Å²) in [6.07, 6.45) is 21.9. The minimum absolute atomic E-state index is 0.0769. The number of hydrogen-bond acceptors (Lipinski definition) is 2. The van der Waals surface area contributed by atoms with E-state index >= 15 is 0 Å². The fourth-order valence-corrected chi connectivity index (χ4v) is 4.54. The second kappa shape index (κ2) is 21.7. The molecule has 3 heteroatoms. The van der Waals surface area contributed by atoms with Crippen molar-refractivity contribution in [3.8, 4) is 0 Å². The van der Waals surface area contributed by atoms with Crippen molar-refractivity contribution in [2.45, 2.75) is 141 Å². The summed E-state index contributed by atoms with van der Waals surface area (Å²) in [5, 5.41) is 0. The molecule has 0 aromatic carbocycles. The standard InChI is InChI=1S/C25H49BrO2/c1-4-7-9-11-12-14-19-23(20-15-16-21-24(26)18-6-3)25(27)28-22-17-13-10-8-5-2/h23-24H,4-22H2,1-3H3. The van der Waals surface area contributed by atoms with Gasteiger partial charge in [0.25, 0.3) is 0 Å². The largest absolute Gasteiger partial charge is 0.465 e. The van der Waals surface area contributed by atoms with E-state index in [9.17, 15) is 4.79 Å². The average Bonchev–Trinajstić information content (AvgIpc) is 2.68. The lowest BCUT2D eigenvalue weighted by molar-refractivity contribution is -0.149. The quantitative estimate of drug-likeness (QED) is 0.0968.